The van der Waals surface area contributed by atoms with E-state index in [0.717, 1.165) is 31.4 Å². The Morgan fingerprint density at radius 3 is 2.76 bits per heavy atom. The topological polar surface area (TPSA) is 62.2 Å². The van der Waals surface area contributed by atoms with Crippen molar-refractivity contribution in [3.8, 4) is 0 Å². The summed E-state index contributed by atoms with van der Waals surface area (Å²) in [5, 5.41) is 12.4. The normalized spacial score (nSPS) is 16.6. The minimum absolute atomic E-state index is 0.119. The molecular formula is C13H18N2O2. The van der Waals surface area contributed by atoms with Crippen molar-refractivity contribution in [3.63, 3.8) is 0 Å². The number of carboxylic acid groups (broad SMARTS) is 1. The van der Waals surface area contributed by atoms with E-state index in [1.807, 2.05) is 0 Å². The van der Waals surface area contributed by atoms with Crippen LogP contribution in [-0.2, 0) is 6.42 Å². The second-order valence-corrected chi connectivity index (χ2v) is 4.97. The van der Waals surface area contributed by atoms with Crippen LogP contribution < -0.4 is 5.32 Å². The summed E-state index contributed by atoms with van der Waals surface area (Å²) < 4.78 is 0. The number of pyridine rings is 1. The lowest BCUT2D eigenvalue weighted by molar-refractivity contribution is 0.0696. The highest BCUT2D eigenvalue weighted by molar-refractivity contribution is 5.88. The molecule has 1 aromatic heterocycles. The van der Waals surface area contributed by atoms with E-state index < -0.39 is 5.97 Å². The molecule has 1 saturated carbocycles. The van der Waals surface area contributed by atoms with Gasteiger partial charge >= 0.3 is 5.97 Å². The number of aromatic carboxylic acids is 1. The summed E-state index contributed by atoms with van der Waals surface area (Å²) in [6.07, 6.45) is 4.02. The van der Waals surface area contributed by atoms with Crippen LogP contribution in [-0.4, -0.2) is 21.6 Å². The van der Waals surface area contributed by atoms with Crippen LogP contribution in [0.3, 0.4) is 0 Å². The van der Waals surface area contributed by atoms with Crippen LogP contribution in [0.1, 0.15) is 49.2 Å². The van der Waals surface area contributed by atoms with Gasteiger partial charge in [-0.05, 0) is 38.3 Å². The first-order valence-electron chi connectivity index (χ1n) is 6.05. The van der Waals surface area contributed by atoms with Gasteiger partial charge in [-0.25, -0.2) is 9.78 Å². The smallest absolute Gasteiger partial charge is 0.335 e. The second kappa shape index (κ2) is 4.35. The van der Waals surface area contributed by atoms with Crippen molar-refractivity contribution in [1.29, 1.82) is 0 Å². The molecule has 2 N–H and O–H groups in total. The third kappa shape index (κ3) is 2.96. The average molecular weight is 234 g/mol. The van der Waals surface area contributed by atoms with E-state index in [1.54, 1.807) is 12.1 Å². The number of hydrogen-bond donors (Lipinski definition) is 2. The molecule has 1 aliphatic rings. The average Bonchev–Trinajstić information content (AvgIpc) is 2.96. The Hall–Kier alpha value is -1.58. The number of aryl methyl sites for hydroxylation is 1. The molecule has 4 heteroatoms. The van der Waals surface area contributed by atoms with Crippen molar-refractivity contribution in [2.24, 2.45) is 0 Å². The number of rotatable bonds is 5. The van der Waals surface area contributed by atoms with Crippen LogP contribution in [0.2, 0.25) is 0 Å². The number of aromatic nitrogens is 1. The molecule has 0 bridgehead atoms. The lowest BCUT2D eigenvalue weighted by atomic mass is 10.1. The third-order valence-corrected chi connectivity index (χ3v) is 3.06. The standard InChI is InChI=1S/C13H18N2O2/c1-3-4-10-7-9(12(16)17)8-11(14-10)15-13(2)5-6-13/h7-8H,3-6H2,1-2H3,(H,14,15)(H,16,17). The number of hydrogen-bond acceptors (Lipinski definition) is 3. The Morgan fingerprint density at radius 2 is 2.24 bits per heavy atom. The fraction of sp³-hybridized carbons (Fsp3) is 0.538. The molecule has 17 heavy (non-hydrogen) atoms. The van der Waals surface area contributed by atoms with Gasteiger partial charge in [-0.3, -0.25) is 0 Å². The maximum absolute atomic E-state index is 11.0. The summed E-state index contributed by atoms with van der Waals surface area (Å²) in [7, 11) is 0. The molecular weight excluding hydrogens is 216 g/mol. The van der Waals surface area contributed by atoms with Gasteiger partial charge in [0.25, 0.3) is 0 Å². The predicted molar refractivity (Wildman–Crippen MR) is 66.5 cm³/mol. The lowest BCUT2D eigenvalue weighted by Gasteiger charge is -2.14. The summed E-state index contributed by atoms with van der Waals surface area (Å²) in [4.78, 5) is 15.5. The van der Waals surface area contributed by atoms with Gasteiger partial charge in [0.1, 0.15) is 5.82 Å². The zero-order chi connectivity index (χ0) is 12.5. The lowest BCUT2D eigenvalue weighted by Crippen LogP contribution is -2.18. The molecule has 1 aliphatic carbocycles. The number of nitrogens with zero attached hydrogens (tertiary/aromatic N) is 1. The maximum atomic E-state index is 11.0. The molecule has 0 radical (unpaired) electrons. The van der Waals surface area contributed by atoms with Crippen molar-refractivity contribution in [2.45, 2.75) is 45.1 Å². The molecule has 0 atom stereocenters. The molecule has 0 spiro atoms. The van der Waals surface area contributed by atoms with E-state index >= 15 is 0 Å². The van der Waals surface area contributed by atoms with Gasteiger partial charge in [-0.15, -0.1) is 0 Å². The van der Waals surface area contributed by atoms with Crippen molar-refractivity contribution in [1.82, 2.24) is 4.98 Å². The van der Waals surface area contributed by atoms with Crippen LogP contribution in [0.5, 0.6) is 0 Å². The van der Waals surface area contributed by atoms with Crippen molar-refractivity contribution >= 4 is 11.8 Å². The zero-order valence-electron chi connectivity index (χ0n) is 10.3. The second-order valence-electron chi connectivity index (χ2n) is 4.97. The molecule has 0 aliphatic heterocycles. The van der Waals surface area contributed by atoms with Crippen LogP contribution in [0.4, 0.5) is 5.82 Å². The molecule has 0 saturated heterocycles. The third-order valence-electron chi connectivity index (χ3n) is 3.06. The van der Waals surface area contributed by atoms with Crippen LogP contribution >= 0.6 is 0 Å². The van der Waals surface area contributed by atoms with E-state index in [4.69, 9.17) is 5.11 Å². The zero-order valence-corrected chi connectivity index (χ0v) is 10.3. The highest BCUT2D eigenvalue weighted by Crippen LogP contribution is 2.37. The summed E-state index contributed by atoms with van der Waals surface area (Å²) in [5.41, 5.74) is 1.28. The monoisotopic (exact) mass is 234 g/mol. The Labute approximate surface area is 101 Å². The highest BCUT2D eigenvalue weighted by Gasteiger charge is 2.37. The van der Waals surface area contributed by atoms with Gasteiger partial charge in [-0.2, -0.15) is 0 Å². The summed E-state index contributed by atoms with van der Waals surface area (Å²) in [5.74, 6) is -0.206. The van der Waals surface area contributed by atoms with Gasteiger partial charge in [0, 0.05) is 11.2 Å². The summed E-state index contributed by atoms with van der Waals surface area (Å²) >= 11 is 0. The Balaban J connectivity index is 2.26. The minimum Gasteiger partial charge on any atom is -0.478 e. The van der Waals surface area contributed by atoms with Gasteiger partial charge in [0.05, 0.1) is 5.56 Å². The molecule has 0 aromatic carbocycles. The fourth-order valence-electron chi connectivity index (χ4n) is 1.78. The van der Waals surface area contributed by atoms with Crippen LogP contribution in [0.25, 0.3) is 0 Å². The Bertz CT molecular complexity index is 439. The number of carbonyl (C=O) groups is 1. The van der Waals surface area contributed by atoms with E-state index in [0.29, 0.717) is 11.4 Å². The molecule has 4 nitrogen and oxygen atoms in total. The van der Waals surface area contributed by atoms with Gasteiger partial charge in [0.15, 0.2) is 0 Å². The van der Waals surface area contributed by atoms with Crippen molar-refractivity contribution in [2.75, 3.05) is 5.32 Å². The SMILES string of the molecule is CCCc1cc(C(=O)O)cc(NC2(C)CC2)n1. The fourth-order valence-corrected chi connectivity index (χ4v) is 1.78. The number of nitrogens with one attached hydrogen (secondary N) is 1. The van der Waals surface area contributed by atoms with Crippen LogP contribution in [0, 0.1) is 0 Å². The Morgan fingerprint density at radius 1 is 1.53 bits per heavy atom. The van der Waals surface area contributed by atoms with Gasteiger partial charge in [-0.1, -0.05) is 13.3 Å². The molecule has 1 fully saturated rings. The first-order chi connectivity index (χ1) is 8.02. The molecule has 92 valence electrons. The van der Waals surface area contributed by atoms with Crippen molar-refractivity contribution in [3.05, 3.63) is 23.4 Å². The minimum atomic E-state index is -0.895. The van der Waals surface area contributed by atoms with E-state index in [2.05, 4.69) is 24.1 Å². The summed E-state index contributed by atoms with van der Waals surface area (Å²) in [6, 6.07) is 3.28. The maximum Gasteiger partial charge on any atom is 0.335 e. The Kier molecular flexibility index (Phi) is 3.05. The van der Waals surface area contributed by atoms with E-state index in [9.17, 15) is 4.79 Å². The predicted octanol–water partition coefficient (Wildman–Crippen LogP) is 2.70. The summed E-state index contributed by atoms with van der Waals surface area (Å²) in [6.45, 7) is 4.19. The number of anilines is 1. The van der Waals surface area contributed by atoms with Crippen molar-refractivity contribution < 1.29 is 9.90 Å². The highest BCUT2D eigenvalue weighted by atomic mass is 16.4. The molecule has 1 aromatic rings. The largest absolute Gasteiger partial charge is 0.478 e. The van der Waals surface area contributed by atoms with Gasteiger partial charge in [0.2, 0.25) is 0 Å². The number of carboxylic acids is 1. The first kappa shape index (κ1) is 11.9. The molecule has 0 unspecified atom stereocenters. The molecule has 2 rings (SSSR count). The first-order valence-corrected chi connectivity index (χ1v) is 6.05. The quantitative estimate of drug-likeness (QED) is 0.822. The molecule has 1 heterocycles. The van der Waals surface area contributed by atoms with Crippen LogP contribution in [0.15, 0.2) is 12.1 Å². The van der Waals surface area contributed by atoms with E-state index in [1.165, 1.54) is 0 Å². The van der Waals surface area contributed by atoms with E-state index in [-0.39, 0.29) is 5.54 Å². The molecule has 0 amide bonds. The van der Waals surface area contributed by atoms with Gasteiger partial charge < -0.3 is 10.4 Å².